The van der Waals surface area contributed by atoms with E-state index in [4.69, 9.17) is 9.47 Å². The first kappa shape index (κ1) is 13.4. The standard InChI is InChI=1S/C14H18O3/c1-10(2)14(15)6-5-11-7-12(16-3)9-13(8-11)17-4/h7-10,14-15H,1-4H3. The zero-order valence-electron chi connectivity index (χ0n) is 10.7. The van der Waals surface area contributed by atoms with Gasteiger partial charge in [0.1, 0.15) is 17.6 Å². The minimum atomic E-state index is -0.618. The molecule has 1 aromatic carbocycles. The summed E-state index contributed by atoms with van der Waals surface area (Å²) in [5.74, 6) is 7.21. The monoisotopic (exact) mass is 234 g/mol. The molecule has 0 saturated heterocycles. The van der Waals surface area contributed by atoms with Gasteiger partial charge in [-0.25, -0.2) is 0 Å². The summed E-state index contributed by atoms with van der Waals surface area (Å²) in [5.41, 5.74) is 0.765. The van der Waals surface area contributed by atoms with Crippen molar-refractivity contribution in [3.05, 3.63) is 23.8 Å². The number of ether oxygens (including phenoxy) is 2. The van der Waals surface area contributed by atoms with Crippen molar-refractivity contribution in [3.63, 3.8) is 0 Å². The number of aliphatic hydroxyl groups excluding tert-OH is 1. The maximum absolute atomic E-state index is 9.60. The van der Waals surface area contributed by atoms with Gasteiger partial charge in [-0.1, -0.05) is 25.7 Å². The smallest absolute Gasteiger partial charge is 0.123 e. The van der Waals surface area contributed by atoms with Crippen molar-refractivity contribution in [3.8, 4) is 23.3 Å². The second kappa shape index (κ2) is 6.17. The zero-order chi connectivity index (χ0) is 12.8. The number of benzene rings is 1. The molecular formula is C14H18O3. The van der Waals surface area contributed by atoms with Crippen molar-refractivity contribution in [1.29, 1.82) is 0 Å². The van der Waals surface area contributed by atoms with Crippen LogP contribution in [-0.4, -0.2) is 25.4 Å². The first-order chi connectivity index (χ1) is 8.06. The molecule has 3 heteroatoms. The highest BCUT2D eigenvalue weighted by Crippen LogP contribution is 2.21. The molecule has 1 unspecified atom stereocenters. The van der Waals surface area contributed by atoms with Crippen LogP contribution in [0.15, 0.2) is 18.2 Å². The van der Waals surface area contributed by atoms with Crippen LogP contribution in [0.1, 0.15) is 19.4 Å². The summed E-state index contributed by atoms with van der Waals surface area (Å²) in [7, 11) is 3.18. The zero-order valence-corrected chi connectivity index (χ0v) is 10.7. The fraction of sp³-hybridized carbons (Fsp3) is 0.429. The molecule has 0 radical (unpaired) electrons. The summed E-state index contributed by atoms with van der Waals surface area (Å²) in [6, 6.07) is 5.40. The Labute approximate surface area is 102 Å². The molecule has 0 amide bonds. The summed E-state index contributed by atoms with van der Waals surface area (Å²) < 4.78 is 10.3. The minimum Gasteiger partial charge on any atom is -0.497 e. The molecule has 17 heavy (non-hydrogen) atoms. The van der Waals surface area contributed by atoms with E-state index in [-0.39, 0.29) is 5.92 Å². The predicted molar refractivity (Wildman–Crippen MR) is 67.3 cm³/mol. The van der Waals surface area contributed by atoms with Crippen molar-refractivity contribution < 1.29 is 14.6 Å². The van der Waals surface area contributed by atoms with E-state index in [1.165, 1.54) is 0 Å². The van der Waals surface area contributed by atoms with Crippen LogP contribution in [0.4, 0.5) is 0 Å². The molecule has 0 aliphatic rings. The van der Waals surface area contributed by atoms with Crippen LogP contribution in [0, 0.1) is 17.8 Å². The number of rotatable bonds is 3. The van der Waals surface area contributed by atoms with Crippen molar-refractivity contribution >= 4 is 0 Å². The average molecular weight is 234 g/mol. The van der Waals surface area contributed by atoms with Crippen LogP contribution >= 0.6 is 0 Å². The first-order valence-electron chi connectivity index (χ1n) is 5.49. The second-order valence-electron chi connectivity index (χ2n) is 4.06. The molecule has 0 aliphatic heterocycles. The molecular weight excluding hydrogens is 216 g/mol. The van der Waals surface area contributed by atoms with E-state index in [1.807, 2.05) is 26.0 Å². The Morgan fingerprint density at radius 3 is 2.00 bits per heavy atom. The van der Waals surface area contributed by atoms with Gasteiger partial charge < -0.3 is 14.6 Å². The highest BCUT2D eigenvalue weighted by atomic mass is 16.5. The van der Waals surface area contributed by atoms with E-state index in [0.717, 1.165) is 5.56 Å². The summed E-state index contributed by atoms with van der Waals surface area (Å²) in [6.45, 7) is 3.84. The van der Waals surface area contributed by atoms with E-state index in [2.05, 4.69) is 11.8 Å². The molecule has 1 rings (SSSR count). The van der Waals surface area contributed by atoms with E-state index in [0.29, 0.717) is 11.5 Å². The minimum absolute atomic E-state index is 0.120. The van der Waals surface area contributed by atoms with Crippen molar-refractivity contribution in [1.82, 2.24) is 0 Å². The SMILES string of the molecule is COc1cc(C#CC(O)C(C)C)cc(OC)c1. The van der Waals surface area contributed by atoms with Gasteiger partial charge in [-0.2, -0.15) is 0 Å². The van der Waals surface area contributed by atoms with E-state index in [1.54, 1.807) is 20.3 Å². The molecule has 0 aromatic heterocycles. The highest BCUT2D eigenvalue weighted by molar-refractivity contribution is 5.46. The molecule has 0 saturated carbocycles. The Balaban J connectivity index is 2.97. The van der Waals surface area contributed by atoms with Crippen LogP contribution in [0.25, 0.3) is 0 Å². The van der Waals surface area contributed by atoms with Gasteiger partial charge in [0.05, 0.1) is 14.2 Å². The third kappa shape index (κ3) is 4.01. The van der Waals surface area contributed by atoms with Gasteiger partial charge in [-0.15, -0.1) is 0 Å². The third-order valence-corrected chi connectivity index (χ3v) is 2.35. The Morgan fingerprint density at radius 1 is 1.06 bits per heavy atom. The summed E-state index contributed by atoms with van der Waals surface area (Å²) in [4.78, 5) is 0. The van der Waals surface area contributed by atoms with Gasteiger partial charge >= 0.3 is 0 Å². The molecule has 3 nitrogen and oxygen atoms in total. The quantitative estimate of drug-likeness (QED) is 0.814. The topological polar surface area (TPSA) is 38.7 Å². The Bertz CT molecular complexity index is 405. The fourth-order valence-corrected chi connectivity index (χ4v) is 1.20. The van der Waals surface area contributed by atoms with E-state index >= 15 is 0 Å². The largest absolute Gasteiger partial charge is 0.497 e. The van der Waals surface area contributed by atoms with Crippen molar-refractivity contribution in [2.45, 2.75) is 20.0 Å². The van der Waals surface area contributed by atoms with Gasteiger partial charge in [0.15, 0.2) is 0 Å². The summed E-state index contributed by atoms with van der Waals surface area (Å²) in [6.07, 6.45) is -0.618. The van der Waals surface area contributed by atoms with Crippen LogP contribution < -0.4 is 9.47 Å². The highest BCUT2D eigenvalue weighted by Gasteiger charge is 2.04. The van der Waals surface area contributed by atoms with E-state index in [9.17, 15) is 5.11 Å². The number of methoxy groups -OCH3 is 2. The maximum atomic E-state index is 9.60. The number of aliphatic hydroxyl groups is 1. The van der Waals surface area contributed by atoms with Gasteiger partial charge in [0.2, 0.25) is 0 Å². The van der Waals surface area contributed by atoms with Gasteiger partial charge in [0, 0.05) is 11.6 Å². The normalized spacial score (nSPS) is 11.6. The third-order valence-electron chi connectivity index (χ3n) is 2.35. The molecule has 0 fully saturated rings. The fourth-order valence-electron chi connectivity index (χ4n) is 1.20. The Hall–Kier alpha value is -1.66. The van der Waals surface area contributed by atoms with Crippen molar-refractivity contribution in [2.24, 2.45) is 5.92 Å². The van der Waals surface area contributed by atoms with E-state index < -0.39 is 6.10 Å². The lowest BCUT2D eigenvalue weighted by molar-refractivity contribution is 0.181. The van der Waals surface area contributed by atoms with Crippen LogP contribution in [0.3, 0.4) is 0 Å². The predicted octanol–water partition coefficient (Wildman–Crippen LogP) is 2.07. The molecule has 0 heterocycles. The lowest BCUT2D eigenvalue weighted by atomic mass is 10.1. The maximum Gasteiger partial charge on any atom is 0.123 e. The summed E-state index contributed by atoms with van der Waals surface area (Å²) >= 11 is 0. The lowest BCUT2D eigenvalue weighted by Gasteiger charge is -2.06. The van der Waals surface area contributed by atoms with Gasteiger partial charge in [-0.05, 0) is 18.1 Å². The number of hydrogen-bond donors (Lipinski definition) is 1. The molecule has 92 valence electrons. The van der Waals surface area contributed by atoms with Crippen molar-refractivity contribution in [2.75, 3.05) is 14.2 Å². The first-order valence-corrected chi connectivity index (χ1v) is 5.49. The molecule has 0 spiro atoms. The Morgan fingerprint density at radius 2 is 1.59 bits per heavy atom. The summed E-state index contributed by atoms with van der Waals surface area (Å²) in [5, 5.41) is 9.60. The average Bonchev–Trinajstić information content (AvgIpc) is 2.35. The second-order valence-corrected chi connectivity index (χ2v) is 4.06. The molecule has 0 bridgehead atoms. The molecule has 0 aliphatic carbocycles. The van der Waals surface area contributed by atoms with Gasteiger partial charge in [-0.3, -0.25) is 0 Å². The number of hydrogen-bond acceptors (Lipinski definition) is 3. The molecule has 1 N–H and O–H groups in total. The van der Waals surface area contributed by atoms with Gasteiger partial charge in [0.25, 0.3) is 0 Å². The van der Waals surface area contributed by atoms with Crippen LogP contribution in [-0.2, 0) is 0 Å². The van der Waals surface area contributed by atoms with Crippen LogP contribution in [0.5, 0.6) is 11.5 Å². The lowest BCUT2D eigenvalue weighted by Crippen LogP contribution is -2.11. The molecule has 1 atom stereocenters. The molecule has 1 aromatic rings. The van der Waals surface area contributed by atoms with Crippen LogP contribution in [0.2, 0.25) is 0 Å². The Kier molecular flexibility index (Phi) is 4.86.